The van der Waals surface area contributed by atoms with Crippen molar-refractivity contribution in [3.8, 4) is 0 Å². The molecule has 6 aromatic carbocycles. The Hall–Kier alpha value is -5.00. The minimum Gasteiger partial charge on any atom is -0.169 e. The molecule has 220 valence electrons. The molecule has 0 aromatic heterocycles. The van der Waals surface area contributed by atoms with E-state index >= 15 is 0 Å². The standard InChI is InChI=1S/C42H34N2P2/c1-7-19-35(20-8-1)43(45(39-23-11-3-12-24-39)40-25-13-4-14-26-40)37-31-33-38(34-32-37)44(36-21-9-2-10-22-36)46(41-27-15-5-16-28-41)42-29-17-6-18-30-42/h1-34H/q+2. The van der Waals surface area contributed by atoms with E-state index in [0.717, 1.165) is 11.4 Å². The molecule has 2 nitrogen and oxygen atoms in total. The molecule has 0 saturated heterocycles. The molecule has 0 saturated carbocycles. The lowest BCUT2D eigenvalue weighted by Crippen LogP contribution is -2.25. The SMILES string of the molecule is C1=CC(=[N+](c2ccccc2)P(c2ccccc2)c2ccccc2)C=CC1=[N+](c1ccccc1)P(c1ccccc1)c1ccccc1. The van der Waals surface area contributed by atoms with E-state index in [1.165, 1.54) is 32.6 Å². The second-order valence-electron chi connectivity index (χ2n) is 10.8. The highest BCUT2D eigenvalue weighted by Gasteiger charge is 2.35. The van der Waals surface area contributed by atoms with Gasteiger partial charge in [0.2, 0.25) is 22.8 Å². The summed E-state index contributed by atoms with van der Waals surface area (Å²) >= 11 is 0. The van der Waals surface area contributed by atoms with Crippen LogP contribution in [-0.4, -0.2) is 20.1 Å². The Labute approximate surface area is 274 Å². The summed E-state index contributed by atoms with van der Waals surface area (Å²) in [5.74, 6) is 0. The summed E-state index contributed by atoms with van der Waals surface area (Å²) in [7, 11) is -1.79. The predicted molar refractivity (Wildman–Crippen MR) is 199 cm³/mol. The van der Waals surface area contributed by atoms with Crippen LogP contribution in [0.3, 0.4) is 0 Å². The summed E-state index contributed by atoms with van der Waals surface area (Å²) in [5.41, 5.74) is 4.66. The molecule has 0 fully saturated rings. The van der Waals surface area contributed by atoms with Gasteiger partial charge in [-0.3, -0.25) is 0 Å². The Kier molecular flexibility index (Phi) is 9.30. The maximum atomic E-state index is 2.52. The average molecular weight is 629 g/mol. The monoisotopic (exact) mass is 628 g/mol. The molecule has 0 bridgehead atoms. The van der Waals surface area contributed by atoms with E-state index in [0.29, 0.717) is 0 Å². The van der Waals surface area contributed by atoms with Crippen molar-refractivity contribution >= 4 is 60.2 Å². The van der Waals surface area contributed by atoms with Crippen LogP contribution in [0.4, 0.5) is 11.4 Å². The van der Waals surface area contributed by atoms with Crippen molar-refractivity contribution in [2.24, 2.45) is 0 Å². The van der Waals surface area contributed by atoms with Gasteiger partial charge in [0, 0.05) is 69.8 Å². The summed E-state index contributed by atoms with van der Waals surface area (Å²) in [5, 5.41) is 5.22. The first kappa shape index (κ1) is 29.7. The van der Waals surface area contributed by atoms with Gasteiger partial charge in [-0.05, 0) is 48.5 Å². The smallest absolute Gasteiger partial charge is 0.169 e. The number of rotatable bonds is 8. The highest BCUT2D eigenvalue weighted by Crippen LogP contribution is 2.43. The van der Waals surface area contributed by atoms with Crippen molar-refractivity contribution in [3.63, 3.8) is 0 Å². The van der Waals surface area contributed by atoms with E-state index < -0.39 is 16.1 Å². The van der Waals surface area contributed by atoms with Crippen molar-refractivity contribution in [2.45, 2.75) is 0 Å². The zero-order valence-corrected chi connectivity index (χ0v) is 27.2. The van der Waals surface area contributed by atoms with Gasteiger partial charge in [-0.1, -0.05) is 109 Å². The summed E-state index contributed by atoms with van der Waals surface area (Å²) in [6.45, 7) is 0. The van der Waals surface area contributed by atoms with Crippen LogP contribution in [0.2, 0.25) is 0 Å². The summed E-state index contributed by atoms with van der Waals surface area (Å²) in [6, 6.07) is 65.2. The summed E-state index contributed by atoms with van der Waals surface area (Å²) in [4.78, 5) is 0. The van der Waals surface area contributed by atoms with Crippen molar-refractivity contribution in [3.05, 3.63) is 206 Å². The lowest BCUT2D eigenvalue weighted by atomic mass is 10.1. The number of para-hydroxylation sites is 2. The number of allylic oxidation sites excluding steroid dienone is 4. The third-order valence-corrected chi connectivity index (χ3v) is 12.6. The molecule has 46 heavy (non-hydrogen) atoms. The Morgan fingerprint density at radius 2 is 0.478 bits per heavy atom. The number of hydrogen-bond donors (Lipinski definition) is 0. The molecule has 0 heterocycles. The fourth-order valence-corrected chi connectivity index (χ4v) is 10.5. The molecule has 6 aromatic rings. The van der Waals surface area contributed by atoms with Crippen LogP contribution < -0.4 is 21.2 Å². The molecule has 0 atom stereocenters. The number of benzene rings is 6. The molecule has 0 N–H and O–H groups in total. The summed E-state index contributed by atoms with van der Waals surface area (Å²) in [6.07, 6.45) is 9.18. The second-order valence-corrected chi connectivity index (χ2v) is 14.9. The van der Waals surface area contributed by atoms with Crippen molar-refractivity contribution in [1.29, 1.82) is 0 Å². The molecule has 0 aliphatic heterocycles. The van der Waals surface area contributed by atoms with E-state index in [4.69, 9.17) is 0 Å². The van der Waals surface area contributed by atoms with Crippen LogP contribution in [0.1, 0.15) is 0 Å². The van der Waals surface area contributed by atoms with E-state index in [1.807, 2.05) is 0 Å². The van der Waals surface area contributed by atoms with Crippen molar-refractivity contribution in [2.75, 3.05) is 0 Å². The molecule has 4 heteroatoms. The average Bonchev–Trinajstić information content (AvgIpc) is 3.15. The lowest BCUT2D eigenvalue weighted by molar-refractivity contribution is -0.253. The first-order valence-electron chi connectivity index (χ1n) is 15.5. The lowest BCUT2D eigenvalue weighted by Gasteiger charge is -2.19. The number of hydrogen-bond acceptors (Lipinski definition) is 0. The van der Waals surface area contributed by atoms with Crippen molar-refractivity contribution < 1.29 is 8.69 Å². The van der Waals surface area contributed by atoms with Crippen molar-refractivity contribution in [1.82, 2.24) is 0 Å². The molecule has 0 unspecified atom stereocenters. The molecule has 1 aliphatic rings. The minimum absolute atomic E-state index is 0.897. The molecular weight excluding hydrogens is 594 g/mol. The van der Waals surface area contributed by atoms with Gasteiger partial charge >= 0.3 is 0 Å². The largest absolute Gasteiger partial charge is 0.252 e. The molecule has 1 aliphatic carbocycles. The first-order valence-corrected chi connectivity index (χ1v) is 18.1. The van der Waals surface area contributed by atoms with Gasteiger partial charge in [-0.2, -0.15) is 8.69 Å². The van der Waals surface area contributed by atoms with E-state index in [-0.39, 0.29) is 0 Å². The third-order valence-electron chi connectivity index (χ3n) is 7.74. The van der Waals surface area contributed by atoms with Gasteiger partial charge in [-0.15, -0.1) is 0 Å². The highest BCUT2D eigenvalue weighted by molar-refractivity contribution is 7.68. The first-order chi connectivity index (χ1) is 22.9. The van der Waals surface area contributed by atoms with Gasteiger partial charge in [-0.25, -0.2) is 0 Å². The Balaban J connectivity index is 1.44. The number of nitrogens with zero attached hydrogens (tertiary/aromatic N) is 2. The van der Waals surface area contributed by atoms with Crippen LogP contribution in [-0.2, 0) is 0 Å². The summed E-state index contributed by atoms with van der Waals surface area (Å²) < 4.78 is 5.04. The zero-order valence-electron chi connectivity index (χ0n) is 25.4. The van der Waals surface area contributed by atoms with Gasteiger partial charge in [0.1, 0.15) is 0 Å². The molecule has 0 spiro atoms. The zero-order chi connectivity index (χ0) is 31.0. The Morgan fingerprint density at radius 1 is 0.261 bits per heavy atom. The van der Waals surface area contributed by atoms with Crippen LogP contribution >= 0.6 is 16.1 Å². The van der Waals surface area contributed by atoms with E-state index in [1.54, 1.807) is 0 Å². The highest BCUT2D eigenvalue weighted by atomic mass is 31.1. The Bertz CT molecular complexity index is 1760. The van der Waals surface area contributed by atoms with Gasteiger partial charge in [0.25, 0.3) is 16.1 Å². The van der Waals surface area contributed by atoms with Crippen LogP contribution in [0.25, 0.3) is 0 Å². The van der Waals surface area contributed by atoms with Gasteiger partial charge in [0.15, 0.2) is 0 Å². The minimum atomic E-state index is -0.897. The fourth-order valence-electron chi connectivity index (χ4n) is 5.67. The predicted octanol–water partition coefficient (Wildman–Crippen LogP) is 8.78. The fraction of sp³-hybridized carbons (Fsp3) is 0. The topological polar surface area (TPSA) is 6.02 Å². The van der Waals surface area contributed by atoms with E-state index in [2.05, 4.69) is 215 Å². The third kappa shape index (κ3) is 6.51. The maximum absolute atomic E-state index is 2.52. The maximum Gasteiger partial charge on any atom is 0.252 e. The molecule has 0 radical (unpaired) electrons. The molecular formula is C42H34N2P2+2. The molecule has 0 amide bonds. The molecule has 7 rings (SSSR count). The van der Waals surface area contributed by atoms with Crippen LogP contribution in [0.5, 0.6) is 0 Å². The normalized spacial score (nSPS) is 12.5. The van der Waals surface area contributed by atoms with Crippen LogP contribution in [0.15, 0.2) is 206 Å². The van der Waals surface area contributed by atoms with Crippen LogP contribution in [0, 0.1) is 0 Å². The quantitative estimate of drug-likeness (QED) is 0.117. The van der Waals surface area contributed by atoms with Gasteiger partial charge in [0.05, 0.1) is 0 Å². The van der Waals surface area contributed by atoms with Gasteiger partial charge < -0.3 is 0 Å². The van der Waals surface area contributed by atoms with E-state index in [9.17, 15) is 0 Å². The second kappa shape index (κ2) is 14.4. The Morgan fingerprint density at radius 3 is 0.717 bits per heavy atom.